The molecule has 1 aromatic heterocycles. The molecule has 72 valence electrons. The van der Waals surface area contributed by atoms with Crippen LogP contribution in [0.3, 0.4) is 0 Å². The Kier molecular flexibility index (Phi) is 3.62. The Balaban J connectivity index is 2.43. The number of carbonyl (C=O) groups excluding carboxylic acids is 1. The summed E-state index contributed by atoms with van der Waals surface area (Å²) in [5.74, 6) is -0.513. The molecule has 0 aliphatic rings. The fourth-order valence-corrected chi connectivity index (χ4v) is 1.02. The third kappa shape index (κ3) is 2.87. The maximum Gasteiger partial charge on any atom is 0.324 e. The first-order chi connectivity index (χ1) is 6.74. The van der Waals surface area contributed by atoms with Gasteiger partial charge in [0.1, 0.15) is 0 Å². The van der Waals surface area contributed by atoms with Crippen LogP contribution in [0.2, 0.25) is 0 Å². The highest BCUT2D eigenvalue weighted by Crippen LogP contribution is 1.96. The molecule has 0 aromatic carbocycles. The van der Waals surface area contributed by atoms with Crippen LogP contribution in [0.5, 0.6) is 0 Å². The molecule has 1 heterocycles. The summed E-state index contributed by atoms with van der Waals surface area (Å²) >= 11 is 0. The average Bonchev–Trinajstić information content (AvgIpc) is 2.26. The van der Waals surface area contributed by atoms with Crippen LogP contribution in [-0.4, -0.2) is 29.4 Å². The van der Waals surface area contributed by atoms with Crippen LogP contribution in [0.4, 0.5) is 0 Å². The second kappa shape index (κ2) is 4.97. The molecule has 0 aliphatic carbocycles. The Morgan fingerprint density at radius 2 is 2.43 bits per heavy atom. The van der Waals surface area contributed by atoms with Crippen molar-refractivity contribution in [3.05, 3.63) is 30.1 Å². The maximum absolute atomic E-state index is 10.9. The summed E-state index contributed by atoms with van der Waals surface area (Å²) in [6.45, 7) is 0.517. The molecule has 4 nitrogen and oxygen atoms in total. The highest BCUT2D eigenvalue weighted by atomic mass is 16.2. The fourth-order valence-electron chi connectivity index (χ4n) is 1.02. The number of likely N-dealkylation sites (N-methyl/N-ethyl adjacent to an activating group) is 1. The number of carbonyl (C=O) groups is 1. The van der Waals surface area contributed by atoms with Gasteiger partial charge in [-0.2, -0.15) is 5.26 Å². The molecule has 0 radical (unpaired) electrons. The van der Waals surface area contributed by atoms with Crippen molar-refractivity contribution in [1.82, 2.24) is 9.88 Å². The van der Waals surface area contributed by atoms with Crippen molar-refractivity contribution in [2.24, 2.45) is 0 Å². The number of nitrogens with zero attached hydrogens (tertiary/aromatic N) is 3. The molecular formula is C10H11N3O. The summed E-state index contributed by atoms with van der Waals surface area (Å²) in [6, 6.07) is 7.20. The third-order valence-electron chi connectivity index (χ3n) is 1.87. The van der Waals surface area contributed by atoms with Gasteiger partial charge in [-0.25, -0.2) is 0 Å². The van der Waals surface area contributed by atoms with Crippen molar-refractivity contribution >= 4 is 5.91 Å². The zero-order valence-corrected chi connectivity index (χ0v) is 7.97. The highest BCUT2D eigenvalue weighted by Gasteiger charge is 2.06. The number of pyridine rings is 1. The van der Waals surface area contributed by atoms with Gasteiger partial charge >= 0.3 is 5.91 Å². The van der Waals surface area contributed by atoms with E-state index in [1.807, 2.05) is 18.2 Å². The predicted octanol–water partition coefficient (Wildman–Crippen LogP) is 0.606. The molecule has 1 amide bonds. The van der Waals surface area contributed by atoms with Gasteiger partial charge in [-0.15, -0.1) is 0 Å². The Labute approximate surface area is 82.8 Å². The summed E-state index contributed by atoms with van der Waals surface area (Å²) < 4.78 is 0. The van der Waals surface area contributed by atoms with Gasteiger partial charge in [0.2, 0.25) is 0 Å². The second-order valence-corrected chi connectivity index (χ2v) is 2.91. The first kappa shape index (κ1) is 10.2. The smallest absolute Gasteiger partial charge is 0.324 e. The van der Waals surface area contributed by atoms with Crippen LogP contribution in [0.25, 0.3) is 0 Å². The predicted molar refractivity (Wildman–Crippen MR) is 51.2 cm³/mol. The van der Waals surface area contributed by atoms with Crippen molar-refractivity contribution in [3.8, 4) is 6.07 Å². The molecule has 0 saturated carbocycles. The van der Waals surface area contributed by atoms with Gasteiger partial charge < -0.3 is 4.90 Å². The minimum absolute atomic E-state index is 0.513. The second-order valence-electron chi connectivity index (χ2n) is 2.91. The zero-order valence-electron chi connectivity index (χ0n) is 7.97. The van der Waals surface area contributed by atoms with Crippen molar-refractivity contribution < 1.29 is 4.79 Å². The minimum atomic E-state index is -0.513. The summed E-state index contributed by atoms with van der Waals surface area (Å²) in [7, 11) is 1.61. The van der Waals surface area contributed by atoms with E-state index in [9.17, 15) is 4.79 Å². The Bertz CT molecular complexity index is 342. The lowest BCUT2D eigenvalue weighted by Crippen LogP contribution is -2.27. The van der Waals surface area contributed by atoms with Crippen molar-refractivity contribution in [1.29, 1.82) is 5.26 Å². The summed E-state index contributed by atoms with van der Waals surface area (Å²) in [5.41, 5.74) is 0.921. The molecule has 0 spiro atoms. The number of amides is 1. The molecule has 0 unspecified atom stereocenters. The van der Waals surface area contributed by atoms with Crippen molar-refractivity contribution in [3.63, 3.8) is 0 Å². The Morgan fingerprint density at radius 1 is 1.64 bits per heavy atom. The molecule has 0 saturated heterocycles. The van der Waals surface area contributed by atoms with E-state index in [0.29, 0.717) is 13.0 Å². The van der Waals surface area contributed by atoms with Crippen molar-refractivity contribution in [2.45, 2.75) is 6.42 Å². The van der Waals surface area contributed by atoms with Crippen molar-refractivity contribution in [2.75, 3.05) is 13.6 Å². The average molecular weight is 189 g/mol. The molecule has 0 bridgehead atoms. The number of rotatable bonds is 3. The largest absolute Gasteiger partial charge is 0.333 e. The number of hydrogen-bond acceptors (Lipinski definition) is 3. The summed E-state index contributed by atoms with van der Waals surface area (Å²) in [6.07, 6.45) is 2.38. The van der Waals surface area contributed by atoms with Crippen LogP contribution in [0, 0.1) is 11.3 Å². The Hall–Kier alpha value is -1.89. The molecule has 4 heteroatoms. The standard InChI is InChI=1S/C10H11N3O/c1-13(10(14)8-11)7-5-9-4-2-3-6-12-9/h2-4,6H,5,7H2,1H3. The van der Waals surface area contributed by atoms with Gasteiger partial charge in [0, 0.05) is 31.9 Å². The van der Waals surface area contributed by atoms with Gasteiger partial charge in [0.25, 0.3) is 0 Å². The van der Waals surface area contributed by atoms with Gasteiger partial charge in [-0.3, -0.25) is 9.78 Å². The minimum Gasteiger partial charge on any atom is -0.333 e. The van der Waals surface area contributed by atoms with Crippen LogP contribution < -0.4 is 0 Å². The van der Waals surface area contributed by atoms with E-state index in [1.54, 1.807) is 19.3 Å². The lowest BCUT2D eigenvalue weighted by molar-refractivity contribution is -0.124. The van der Waals surface area contributed by atoms with Gasteiger partial charge in [-0.1, -0.05) is 6.07 Å². The van der Waals surface area contributed by atoms with Crippen LogP contribution in [-0.2, 0) is 11.2 Å². The lowest BCUT2D eigenvalue weighted by Gasteiger charge is -2.11. The van der Waals surface area contributed by atoms with Crippen LogP contribution in [0.15, 0.2) is 24.4 Å². The molecule has 0 atom stereocenters. The van der Waals surface area contributed by atoms with Gasteiger partial charge in [0.05, 0.1) is 0 Å². The van der Waals surface area contributed by atoms with E-state index in [4.69, 9.17) is 5.26 Å². The zero-order chi connectivity index (χ0) is 10.4. The van der Waals surface area contributed by atoms with Crippen LogP contribution >= 0.6 is 0 Å². The van der Waals surface area contributed by atoms with E-state index in [-0.39, 0.29) is 0 Å². The fraction of sp³-hybridized carbons (Fsp3) is 0.300. The van der Waals surface area contributed by atoms with Gasteiger partial charge in [-0.05, 0) is 12.1 Å². The van der Waals surface area contributed by atoms with Gasteiger partial charge in [0.15, 0.2) is 6.07 Å². The first-order valence-electron chi connectivity index (χ1n) is 4.29. The van der Waals surface area contributed by atoms with E-state index < -0.39 is 5.91 Å². The van der Waals surface area contributed by atoms with E-state index >= 15 is 0 Å². The third-order valence-corrected chi connectivity index (χ3v) is 1.87. The molecular weight excluding hydrogens is 178 g/mol. The van der Waals surface area contributed by atoms with Crippen LogP contribution in [0.1, 0.15) is 5.69 Å². The van der Waals surface area contributed by atoms with E-state index in [1.165, 1.54) is 4.90 Å². The molecule has 1 aromatic rings. The van der Waals surface area contributed by atoms with E-state index in [2.05, 4.69) is 4.98 Å². The molecule has 0 fully saturated rings. The molecule has 0 N–H and O–H groups in total. The number of aromatic nitrogens is 1. The molecule has 14 heavy (non-hydrogen) atoms. The SMILES string of the molecule is CN(CCc1ccccn1)C(=O)C#N. The summed E-state index contributed by atoms with van der Waals surface area (Å²) in [4.78, 5) is 16.4. The maximum atomic E-state index is 10.9. The lowest BCUT2D eigenvalue weighted by atomic mass is 10.2. The van der Waals surface area contributed by atoms with E-state index in [0.717, 1.165) is 5.69 Å². The summed E-state index contributed by atoms with van der Waals surface area (Å²) in [5, 5.41) is 8.35. The monoisotopic (exact) mass is 189 g/mol. The highest BCUT2D eigenvalue weighted by molar-refractivity contribution is 5.90. The first-order valence-corrected chi connectivity index (χ1v) is 4.29. The Morgan fingerprint density at radius 3 is 3.00 bits per heavy atom. The molecule has 0 aliphatic heterocycles. The number of nitriles is 1. The topological polar surface area (TPSA) is 57.0 Å². The quantitative estimate of drug-likeness (QED) is 0.654. The number of hydrogen-bond donors (Lipinski definition) is 0. The molecule has 1 rings (SSSR count). The normalized spacial score (nSPS) is 9.14.